The topological polar surface area (TPSA) is 68.4 Å². The molecule has 1 unspecified atom stereocenters. The Hall–Kier alpha value is -1.72. The van der Waals surface area contributed by atoms with E-state index in [0.29, 0.717) is 31.3 Å². The smallest absolute Gasteiger partial charge is 0.258 e. The summed E-state index contributed by atoms with van der Waals surface area (Å²) in [7, 11) is 0. The van der Waals surface area contributed by atoms with Gasteiger partial charge in [0.15, 0.2) is 0 Å². The van der Waals surface area contributed by atoms with Crippen molar-refractivity contribution in [2.75, 3.05) is 0 Å². The highest BCUT2D eigenvalue weighted by atomic mass is 16.5. The SMILES string of the molecule is CCC(O)c1noc(-c2ccc3c(c2)COC3)n1. The Labute approximate surface area is 104 Å². The summed E-state index contributed by atoms with van der Waals surface area (Å²) in [5.41, 5.74) is 3.22. The van der Waals surface area contributed by atoms with Gasteiger partial charge in [-0.05, 0) is 29.7 Å². The lowest BCUT2D eigenvalue weighted by Crippen LogP contribution is -1.97. The highest BCUT2D eigenvalue weighted by Gasteiger charge is 2.17. The van der Waals surface area contributed by atoms with Crippen molar-refractivity contribution in [3.05, 3.63) is 35.2 Å². The minimum Gasteiger partial charge on any atom is -0.385 e. The molecular formula is C13H14N2O3. The van der Waals surface area contributed by atoms with Crippen LogP contribution in [-0.4, -0.2) is 15.2 Å². The second kappa shape index (κ2) is 4.51. The van der Waals surface area contributed by atoms with Gasteiger partial charge in [-0.15, -0.1) is 0 Å². The molecule has 5 heteroatoms. The molecule has 1 atom stereocenters. The summed E-state index contributed by atoms with van der Waals surface area (Å²) in [6.07, 6.45) is -0.1000. The van der Waals surface area contributed by atoms with Gasteiger partial charge < -0.3 is 14.4 Å². The van der Waals surface area contributed by atoms with Crippen LogP contribution in [0.15, 0.2) is 22.7 Å². The van der Waals surface area contributed by atoms with Gasteiger partial charge in [-0.3, -0.25) is 0 Å². The molecule has 0 saturated carbocycles. The van der Waals surface area contributed by atoms with E-state index in [-0.39, 0.29) is 0 Å². The molecule has 3 rings (SSSR count). The zero-order valence-electron chi connectivity index (χ0n) is 10.1. The Bertz CT molecular complexity index is 565. The molecule has 5 nitrogen and oxygen atoms in total. The first-order chi connectivity index (χ1) is 8.78. The lowest BCUT2D eigenvalue weighted by atomic mass is 10.1. The van der Waals surface area contributed by atoms with Crippen LogP contribution in [0.1, 0.15) is 36.4 Å². The lowest BCUT2D eigenvalue weighted by molar-refractivity contribution is 0.134. The van der Waals surface area contributed by atoms with Gasteiger partial charge in [-0.2, -0.15) is 4.98 Å². The average molecular weight is 246 g/mol. The normalized spacial score (nSPS) is 15.7. The summed E-state index contributed by atoms with van der Waals surface area (Å²) >= 11 is 0. The third-order valence-electron chi connectivity index (χ3n) is 3.09. The van der Waals surface area contributed by atoms with Gasteiger partial charge in [-0.1, -0.05) is 18.1 Å². The van der Waals surface area contributed by atoms with Gasteiger partial charge >= 0.3 is 0 Å². The molecule has 1 aromatic carbocycles. The Morgan fingerprint density at radius 1 is 1.33 bits per heavy atom. The summed E-state index contributed by atoms with van der Waals surface area (Å²) < 4.78 is 10.5. The Morgan fingerprint density at radius 2 is 2.17 bits per heavy atom. The van der Waals surface area contributed by atoms with Crippen LogP contribution in [0.2, 0.25) is 0 Å². The molecule has 0 aliphatic carbocycles. The minimum absolute atomic E-state index is 0.337. The van der Waals surface area contributed by atoms with Crippen molar-refractivity contribution in [2.24, 2.45) is 0 Å². The van der Waals surface area contributed by atoms with Crippen molar-refractivity contribution in [3.8, 4) is 11.5 Å². The summed E-state index contributed by atoms with van der Waals surface area (Å²) in [5.74, 6) is 0.774. The molecule has 0 amide bonds. The van der Waals surface area contributed by atoms with Crippen LogP contribution in [0, 0.1) is 0 Å². The van der Waals surface area contributed by atoms with Crippen LogP contribution in [0.25, 0.3) is 11.5 Å². The summed E-state index contributed by atoms with van der Waals surface area (Å²) in [6, 6.07) is 5.94. The van der Waals surface area contributed by atoms with Gasteiger partial charge in [0, 0.05) is 5.56 Å². The lowest BCUT2D eigenvalue weighted by Gasteiger charge is -1.99. The van der Waals surface area contributed by atoms with Crippen molar-refractivity contribution in [2.45, 2.75) is 32.7 Å². The molecule has 18 heavy (non-hydrogen) atoms. The van der Waals surface area contributed by atoms with Crippen molar-refractivity contribution in [3.63, 3.8) is 0 Å². The van der Waals surface area contributed by atoms with E-state index in [1.807, 2.05) is 25.1 Å². The molecule has 2 aromatic rings. The number of hydrogen-bond donors (Lipinski definition) is 1. The first-order valence-electron chi connectivity index (χ1n) is 5.99. The van der Waals surface area contributed by atoms with Crippen molar-refractivity contribution >= 4 is 0 Å². The summed E-state index contributed by atoms with van der Waals surface area (Å²) in [6.45, 7) is 3.16. The van der Waals surface area contributed by atoms with Gasteiger partial charge in [0.1, 0.15) is 6.10 Å². The first kappa shape index (κ1) is 11.4. The van der Waals surface area contributed by atoms with Gasteiger partial charge in [-0.25, -0.2) is 0 Å². The molecule has 94 valence electrons. The van der Waals surface area contributed by atoms with Crippen LogP contribution in [0.5, 0.6) is 0 Å². The molecule has 0 radical (unpaired) electrons. The number of hydrogen-bond acceptors (Lipinski definition) is 5. The van der Waals surface area contributed by atoms with Crippen molar-refractivity contribution in [1.29, 1.82) is 0 Å². The van der Waals surface area contributed by atoms with Crippen LogP contribution < -0.4 is 0 Å². The third kappa shape index (κ3) is 1.91. The van der Waals surface area contributed by atoms with E-state index in [9.17, 15) is 5.11 Å². The third-order valence-corrected chi connectivity index (χ3v) is 3.09. The van der Waals surface area contributed by atoms with Gasteiger partial charge in [0.05, 0.1) is 13.2 Å². The van der Waals surface area contributed by atoms with Crippen LogP contribution >= 0.6 is 0 Å². The molecule has 0 saturated heterocycles. The number of aliphatic hydroxyl groups is 1. The second-order valence-electron chi connectivity index (χ2n) is 4.36. The minimum atomic E-state index is -0.666. The molecule has 0 spiro atoms. The molecule has 1 aliphatic heterocycles. The number of rotatable bonds is 3. The van der Waals surface area contributed by atoms with E-state index in [4.69, 9.17) is 9.26 Å². The highest BCUT2D eigenvalue weighted by molar-refractivity contribution is 5.56. The van der Waals surface area contributed by atoms with Gasteiger partial charge in [0.2, 0.25) is 5.82 Å². The van der Waals surface area contributed by atoms with E-state index >= 15 is 0 Å². The van der Waals surface area contributed by atoms with E-state index in [1.54, 1.807) is 0 Å². The number of aliphatic hydroxyl groups excluding tert-OH is 1. The fourth-order valence-electron chi connectivity index (χ4n) is 1.98. The summed E-state index contributed by atoms with van der Waals surface area (Å²) in [4.78, 5) is 4.21. The van der Waals surface area contributed by atoms with Gasteiger partial charge in [0.25, 0.3) is 5.89 Å². The maximum absolute atomic E-state index is 9.64. The van der Waals surface area contributed by atoms with Crippen molar-refractivity contribution < 1.29 is 14.4 Å². The van der Waals surface area contributed by atoms with Crippen LogP contribution in [-0.2, 0) is 18.0 Å². The number of fused-ring (bicyclic) bond motifs is 1. The number of ether oxygens (including phenoxy) is 1. The predicted octanol–water partition coefficient (Wildman–Crippen LogP) is 2.21. The molecule has 2 heterocycles. The maximum atomic E-state index is 9.64. The molecular weight excluding hydrogens is 232 g/mol. The summed E-state index contributed by atoms with van der Waals surface area (Å²) in [5, 5.41) is 13.4. The molecule has 1 aromatic heterocycles. The fraction of sp³-hybridized carbons (Fsp3) is 0.385. The maximum Gasteiger partial charge on any atom is 0.258 e. The largest absolute Gasteiger partial charge is 0.385 e. The zero-order valence-corrected chi connectivity index (χ0v) is 10.1. The van der Waals surface area contributed by atoms with Crippen LogP contribution in [0.4, 0.5) is 0 Å². The van der Waals surface area contributed by atoms with Crippen LogP contribution in [0.3, 0.4) is 0 Å². The Morgan fingerprint density at radius 3 is 3.00 bits per heavy atom. The number of nitrogens with zero attached hydrogens (tertiary/aromatic N) is 2. The number of benzene rings is 1. The van der Waals surface area contributed by atoms with E-state index in [0.717, 1.165) is 11.1 Å². The van der Waals surface area contributed by atoms with Crippen molar-refractivity contribution in [1.82, 2.24) is 10.1 Å². The standard InChI is InChI=1S/C13H14N2O3/c1-2-11(16)12-14-13(18-15-12)8-3-4-9-6-17-7-10(9)5-8/h3-5,11,16H,2,6-7H2,1H3. The van der Waals surface area contributed by atoms with E-state index in [1.165, 1.54) is 5.56 Å². The predicted molar refractivity (Wildman–Crippen MR) is 63.5 cm³/mol. The molecule has 0 fully saturated rings. The Balaban J connectivity index is 1.92. The quantitative estimate of drug-likeness (QED) is 0.899. The first-order valence-corrected chi connectivity index (χ1v) is 5.99. The zero-order chi connectivity index (χ0) is 12.5. The monoisotopic (exact) mass is 246 g/mol. The molecule has 1 aliphatic rings. The molecule has 0 bridgehead atoms. The Kier molecular flexibility index (Phi) is 2.85. The van der Waals surface area contributed by atoms with E-state index in [2.05, 4.69) is 10.1 Å². The van der Waals surface area contributed by atoms with E-state index < -0.39 is 6.10 Å². The second-order valence-corrected chi connectivity index (χ2v) is 4.36. The molecule has 1 N–H and O–H groups in total. The highest BCUT2D eigenvalue weighted by Crippen LogP contribution is 2.26. The average Bonchev–Trinajstić information content (AvgIpc) is 3.05. The fourth-order valence-corrected chi connectivity index (χ4v) is 1.98. The number of aromatic nitrogens is 2.